The van der Waals surface area contributed by atoms with Crippen molar-refractivity contribution in [3.8, 4) is 5.75 Å². The molecule has 1 aromatic carbocycles. The number of nitrogens with zero attached hydrogens (tertiary/aromatic N) is 2. The Morgan fingerprint density at radius 1 is 1.15 bits per heavy atom. The standard InChI is InChI=1S/C19H23N5O3/c1-4-20-16-11-17(24-12(2)23-16)21-8-9-22-19(25)15-10-13-6-5-7-14(26-3)18(13)27-15/h5-7,10-11H,4,8-9H2,1-3H3,(H,22,25)(H2,20,21,23,24). The molecule has 3 N–H and O–H groups in total. The van der Waals surface area contributed by atoms with E-state index in [0.29, 0.717) is 36.1 Å². The van der Waals surface area contributed by atoms with Crippen LogP contribution in [0.1, 0.15) is 23.3 Å². The number of anilines is 2. The number of methoxy groups -OCH3 is 1. The van der Waals surface area contributed by atoms with Crippen LogP contribution in [-0.2, 0) is 0 Å². The molecule has 3 rings (SSSR count). The molecular weight excluding hydrogens is 346 g/mol. The van der Waals surface area contributed by atoms with Gasteiger partial charge in [0.2, 0.25) is 0 Å². The number of nitrogens with one attached hydrogen (secondary N) is 3. The van der Waals surface area contributed by atoms with E-state index in [2.05, 4.69) is 25.9 Å². The average molecular weight is 369 g/mol. The average Bonchev–Trinajstić information content (AvgIpc) is 3.09. The zero-order valence-corrected chi connectivity index (χ0v) is 15.6. The number of carbonyl (C=O) groups excluding carboxylic acids is 1. The number of para-hydroxylation sites is 1. The van der Waals surface area contributed by atoms with E-state index in [1.165, 1.54) is 0 Å². The van der Waals surface area contributed by atoms with Gasteiger partial charge >= 0.3 is 0 Å². The van der Waals surface area contributed by atoms with E-state index in [9.17, 15) is 4.79 Å². The van der Waals surface area contributed by atoms with Gasteiger partial charge in [-0.05, 0) is 26.0 Å². The van der Waals surface area contributed by atoms with Gasteiger partial charge in [-0.15, -0.1) is 0 Å². The van der Waals surface area contributed by atoms with Crippen molar-refractivity contribution in [1.29, 1.82) is 0 Å². The third kappa shape index (κ3) is 4.46. The number of carbonyl (C=O) groups is 1. The number of benzene rings is 1. The third-order valence-corrected chi connectivity index (χ3v) is 3.86. The van der Waals surface area contributed by atoms with Crippen molar-refractivity contribution in [2.75, 3.05) is 37.4 Å². The summed E-state index contributed by atoms with van der Waals surface area (Å²) in [5.41, 5.74) is 0.565. The van der Waals surface area contributed by atoms with E-state index in [-0.39, 0.29) is 11.7 Å². The molecule has 0 atom stereocenters. The Bertz CT molecular complexity index is 938. The number of hydrogen-bond donors (Lipinski definition) is 3. The lowest BCUT2D eigenvalue weighted by Crippen LogP contribution is -2.28. The van der Waals surface area contributed by atoms with E-state index >= 15 is 0 Å². The minimum atomic E-state index is -0.276. The van der Waals surface area contributed by atoms with Crippen LogP contribution >= 0.6 is 0 Å². The molecule has 0 saturated heterocycles. The summed E-state index contributed by atoms with van der Waals surface area (Å²) in [6.45, 7) is 5.58. The summed E-state index contributed by atoms with van der Waals surface area (Å²) in [7, 11) is 1.57. The van der Waals surface area contributed by atoms with Gasteiger partial charge in [-0.2, -0.15) is 0 Å². The van der Waals surface area contributed by atoms with Crippen molar-refractivity contribution in [2.45, 2.75) is 13.8 Å². The Morgan fingerprint density at radius 3 is 2.67 bits per heavy atom. The van der Waals surface area contributed by atoms with Crippen LogP contribution in [0, 0.1) is 6.92 Å². The maximum absolute atomic E-state index is 12.3. The third-order valence-electron chi connectivity index (χ3n) is 3.86. The van der Waals surface area contributed by atoms with Crippen LogP contribution in [0.15, 0.2) is 34.7 Å². The number of aryl methyl sites for hydroxylation is 1. The summed E-state index contributed by atoms with van der Waals surface area (Å²) in [5, 5.41) is 9.99. The van der Waals surface area contributed by atoms with Crippen LogP contribution < -0.4 is 20.7 Å². The number of rotatable bonds is 8. The Balaban J connectivity index is 1.56. The maximum atomic E-state index is 12.3. The zero-order chi connectivity index (χ0) is 19.2. The van der Waals surface area contributed by atoms with Gasteiger partial charge in [0, 0.05) is 31.1 Å². The predicted octanol–water partition coefficient (Wildman–Crippen LogP) is 2.81. The smallest absolute Gasteiger partial charge is 0.287 e. The molecule has 8 nitrogen and oxygen atoms in total. The summed E-state index contributed by atoms with van der Waals surface area (Å²) in [4.78, 5) is 20.9. The van der Waals surface area contributed by atoms with Crippen LogP contribution in [0.2, 0.25) is 0 Å². The zero-order valence-electron chi connectivity index (χ0n) is 15.6. The molecule has 0 fully saturated rings. The lowest BCUT2D eigenvalue weighted by Gasteiger charge is -2.09. The molecule has 3 aromatic rings. The number of amides is 1. The number of hydrogen-bond acceptors (Lipinski definition) is 7. The van der Waals surface area contributed by atoms with Crippen molar-refractivity contribution in [1.82, 2.24) is 15.3 Å². The Morgan fingerprint density at radius 2 is 1.93 bits per heavy atom. The van der Waals surface area contributed by atoms with Gasteiger partial charge in [-0.1, -0.05) is 12.1 Å². The highest BCUT2D eigenvalue weighted by Gasteiger charge is 2.14. The number of fused-ring (bicyclic) bond motifs is 1. The summed E-state index contributed by atoms with van der Waals surface area (Å²) in [6.07, 6.45) is 0. The highest BCUT2D eigenvalue weighted by atomic mass is 16.5. The second-order valence-electron chi connectivity index (χ2n) is 5.89. The topological polar surface area (TPSA) is 101 Å². The highest BCUT2D eigenvalue weighted by molar-refractivity contribution is 5.97. The van der Waals surface area contributed by atoms with Crippen molar-refractivity contribution in [3.63, 3.8) is 0 Å². The van der Waals surface area contributed by atoms with Gasteiger partial charge in [0.25, 0.3) is 5.91 Å². The molecule has 142 valence electrons. The van der Waals surface area contributed by atoms with Crippen LogP contribution in [0.3, 0.4) is 0 Å². The molecule has 0 aliphatic carbocycles. The fourth-order valence-corrected chi connectivity index (χ4v) is 2.69. The monoisotopic (exact) mass is 369 g/mol. The summed E-state index contributed by atoms with van der Waals surface area (Å²) in [5.74, 6) is 2.73. The molecular formula is C19H23N5O3. The summed E-state index contributed by atoms with van der Waals surface area (Å²) < 4.78 is 10.9. The Kier molecular flexibility index (Phi) is 5.75. The second kappa shape index (κ2) is 8.39. The van der Waals surface area contributed by atoms with Crippen LogP contribution in [0.25, 0.3) is 11.0 Å². The maximum Gasteiger partial charge on any atom is 0.287 e. The van der Waals surface area contributed by atoms with E-state index in [4.69, 9.17) is 9.15 Å². The first-order valence-corrected chi connectivity index (χ1v) is 8.79. The van der Waals surface area contributed by atoms with Crippen molar-refractivity contribution < 1.29 is 13.9 Å². The van der Waals surface area contributed by atoms with Crippen LogP contribution in [0.5, 0.6) is 5.75 Å². The van der Waals surface area contributed by atoms with Gasteiger partial charge in [0.1, 0.15) is 17.5 Å². The van der Waals surface area contributed by atoms with Gasteiger partial charge in [-0.3, -0.25) is 4.79 Å². The van der Waals surface area contributed by atoms with Gasteiger partial charge in [0.15, 0.2) is 17.1 Å². The van der Waals surface area contributed by atoms with Crippen LogP contribution in [0.4, 0.5) is 11.6 Å². The van der Waals surface area contributed by atoms with E-state index in [1.54, 1.807) is 19.2 Å². The number of aromatic nitrogens is 2. The normalized spacial score (nSPS) is 10.6. The molecule has 0 radical (unpaired) electrons. The molecule has 2 heterocycles. The van der Waals surface area contributed by atoms with E-state index in [1.807, 2.05) is 32.0 Å². The molecule has 0 aliphatic rings. The van der Waals surface area contributed by atoms with E-state index in [0.717, 1.165) is 17.7 Å². The fraction of sp³-hybridized carbons (Fsp3) is 0.316. The summed E-state index contributed by atoms with van der Waals surface area (Å²) >= 11 is 0. The Hall–Kier alpha value is -3.29. The van der Waals surface area contributed by atoms with Crippen LogP contribution in [-0.4, -0.2) is 42.6 Å². The number of furan rings is 1. The van der Waals surface area contributed by atoms with E-state index < -0.39 is 0 Å². The Labute approximate surface area is 157 Å². The van der Waals surface area contributed by atoms with Crippen molar-refractivity contribution in [3.05, 3.63) is 41.9 Å². The van der Waals surface area contributed by atoms with Crippen molar-refractivity contribution >= 4 is 28.5 Å². The SMILES string of the molecule is CCNc1cc(NCCNC(=O)c2cc3cccc(OC)c3o2)nc(C)n1. The molecule has 0 spiro atoms. The minimum Gasteiger partial charge on any atom is -0.493 e. The molecule has 0 aliphatic heterocycles. The highest BCUT2D eigenvalue weighted by Crippen LogP contribution is 2.28. The molecule has 27 heavy (non-hydrogen) atoms. The van der Waals surface area contributed by atoms with Gasteiger partial charge < -0.3 is 25.1 Å². The molecule has 0 saturated carbocycles. The quantitative estimate of drug-likeness (QED) is 0.525. The number of ether oxygens (including phenoxy) is 1. The first-order valence-electron chi connectivity index (χ1n) is 8.79. The largest absolute Gasteiger partial charge is 0.493 e. The molecule has 8 heteroatoms. The first kappa shape index (κ1) is 18.5. The molecule has 0 unspecified atom stereocenters. The summed E-state index contributed by atoms with van der Waals surface area (Å²) in [6, 6.07) is 9.07. The lowest BCUT2D eigenvalue weighted by atomic mass is 10.2. The minimum absolute atomic E-state index is 0.252. The molecule has 0 bridgehead atoms. The first-order chi connectivity index (χ1) is 13.1. The molecule has 1 amide bonds. The van der Waals surface area contributed by atoms with Gasteiger partial charge in [-0.25, -0.2) is 9.97 Å². The molecule has 2 aromatic heterocycles. The predicted molar refractivity (Wildman–Crippen MR) is 105 cm³/mol. The fourth-order valence-electron chi connectivity index (χ4n) is 2.69. The van der Waals surface area contributed by atoms with Gasteiger partial charge in [0.05, 0.1) is 7.11 Å². The second-order valence-corrected chi connectivity index (χ2v) is 5.89. The lowest BCUT2D eigenvalue weighted by molar-refractivity contribution is 0.0929. The van der Waals surface area contributed by atoms with Crippen molar-refractivity contribution in [2.24, 2.45) is 0 Å².